The Morgan fingerprint density at radius 2 is 1.90 bits per heavy atom. The summed E-state index contributed by atoms with van der Waals surface area (Å²) in [5.74, 6) is 1.67. The first-order valence-corrected chi connectivity index (χ1v) is 8.44. The molecule has 1 rings (SSSR count). The van der Waals surface area contributed by atoms with E-state index in [0.717, 1.165) is 37.9 Å². The highest BCUT2D eigenvalue weighted by atomic mass is 16.6. The Morgan fingerprint density at radius 3 is 2.38 bits per heavy atom. The second-order valence-corrected chi connectivity index (χ2v) is 7.59. The van der Waals surface area contributed by atoms with Crippen LogP contribution in [-0.2, 0) is 4.74 Å². The lowest BCUT2D eigenvalue weighted by molar-refractivity contribution is 0.0247. The Kier molecular flexibility index (Phi) is 6.98. The molecule has 1 fully saturated rings. The summed E-state index contributed by atoms with van der Waals surface area (Å²) in [5.41, 5.74) is -0.422. The maximum atomic E-state index is 12.1. The predicted molar refractivity (Wildman–Crippen MR) is 87.5 cm³/mol. The molecular formula is C17H34N2O2. The molecule has 0 saturated heterocycles. The average Bonchev–Trinajstić information content (AvgIpc) is 2.27. The van der Waals surface area contributed by atoms with Gasteiger partial charge >= 0.3 is 6.09 Å². The molecule has 4 nitrogen and oxygen atoms in total. The van der Waals surface area contributed by atoms with Gasteiger partial charge in [0.25, 0.3) is 0 Å². The molecule has 0 radical (unpaired) electrons. The summed E-state index contributed by atoms with van der Waals surface area (Å²) in [6.07, 6.45) is 3.31. The maximum absolute atomic E-state index is 12.1. The molecule has 21 heavy (non-hydrogen) atoms. The fraction of sp³-hybridized carbons (Fsp3) is 0.941. The smallest absolute Gasteiger partial charge is 0.410 e. The summed E-state index contributed by atoms with van der Waals surface area (Å²) in [5, 5.41) is 3.56. The Hall–Kier alpha value is -0.770. The first kappa shape index (κ1) is 18.3. The summed E-state index contributed by atoms with van der Waals surface area (Å²) in [6.45, 7) is 14.8. The molecule has 0 heterocycles. The second kappa shape index (κ2) is 8.02. The fourth-order valence-electron chi connectivity index (χ4n) is 2.67. The van der Waals surface area contributed by atoms with Crippen molar-refractivity contribution in [1.82, 2.24) is 10.2 Å². The van der Waals surface area contributed by atoms with Crippen molar-refractivity contribution in [2.75, 3.05) is 19.6 Å². The molecule has 0 aromatic carbocycles. The first-order valence-electron chi connectivity index (χ1n) is 8.44. The highest BCUT2D eigenvalue weighted by Crippen LogP contribution is 2.33. The van der Waals surface area contributed by atoms with Gasteiger partial charge < -0.3 is 15.0 Å². The fourth-order valence-corrected chi connectivity index (χ4v) is 2.67. The van der Waals surface area contributed by atoms with Crippen LogP contribution in [0.5, 0.6) is 0 Å². The molecule has 1 amide bonds. The number of hydrogen-bond acceptors (Lipinski definition) is 3. The van der Waals surface area contributed by atoms with Gasteiger partial charge in [-0.1, -0.05) is 20.8 Å². The number of nitrogens with zero attached hydrogens (tertiary/aromatic N) is 1. The van der Waals surface area contributed by atoms with Gasteiger partial charge in [-0.15, -0.1) is 0 Å². The Morgan fingerprint density at radius 1 is 1.29 bits per heavy atom. The van der Waals surface area contributed by atoms with Crippen molar-refractivity contribution in [3.05, 3.63) is 0 Å². The van der Waals surface area contributed by atoms with Crippen LogP contribution in [-0.4, -0.2) is 42.3 Å². The van der Waals surface area contributed by atoms with E-state index in [2.05, 4.69) is 26.1 Å². The highest BCUT2D eigenvalue weighted by Gasteiger charge is 2.30. The van der Waals surface area contributed by atoms with Gasteiger partial charge in [-0.2, -0.15) is 0 Å². The van der Waals surface area contributed by atoms with Crippen LogP contribution in [0.15, 0.2) is 0 Å². The van der Waals surface area contributed by atoms with E-state index in [0.29, 0.717) is 6.04 Å². The van der Waals surface area contributed by atoms with Gasteiger partial charge in [0.1, 0.15) is 5.60 Å². The molecule has 0 atom stereocenters. The third kappa shape index (κ3) is 6.68. The van der Waals surface area contributed by atoms with Crippen LogP contribution in [0.1, 0.15) is 60.8 Å². The molecule has 0 aromatic rings. The second-order valence-electron chi connectivity index (χ2n) is 7.59. The van der Waals surface area contributed by atoms with Crippen LogP contribution in [0.3, 0.4) is 0 Å². The van der Waals surface area contributed by atoms with E-state index in [1.165, 1.54) is 12.8 Å². The molecule has 1 aliphatic carbocycles. The van der Waals surface area contributed by atoms with Crippen molar-refractivity contribution in [3.8, 4) is 0 Å². The summed E-state index contributed by atoms with van der Waals surface area (Å²) in [7, 11) is 0. The van der Waals surface area contributed by atoms with Gasteiger partial charge in [0, 0.05) is 25.7 Å². The van der Waals surface area contributed by atoms with E-state index < -0.39 is 5.60 Å². The third-order valence-electron chi connectivity index (χ3n) is 4.08. The lowest BCUT2D eigenvalue weighted by Crippen LogP contribution is -2.47. The van der Waals surface area contributed by atoms with E-state index in [4.69, 9.17) is 4.74 Å². The molecule has 0 aliphatic heterocycles. The standard InChI is InChI=1S/C17H34N2O2/c1-7-9-19(16(20)21-17(4,5)6)10-8-18-15-11-14(12-15)13(2)3/h13-15,18H,7-12H2,1-6H3. The third-order valence-corrected chi connectivity index (χ3v) is 4.08. The van der Waals surface area contributed by atoms with Crippen LogP contribution in [0.25, 0.3) is 0 Å². The van der Waals surface area contributed by atoms with Crippen molar-refractivity contribution in [2.24, 2.45) is 11.8 Å². The molecule has 0 bridgehead atoms. The highest BCUT2D eigenvalue weighted by molar-refractivity contribution is 5.68. The number of hydrogen-bond donors (Lipinski definition) is 1. The number of amides is 1. The van der Waals surface area contributed by atoms with Crippen LogP contribution in [0, 0.1) is 11.8 Å². The molecule has 1 aliphatic rings. The minimum atomic E-state index is -0.422. The normalized spacial score (nSPS) is 22.0. The van der Waals surface area contributed by atoms with Crippen LogP contribution < -0.4 is 5.32 Å². The number of carbonyl (C=O) groups excluding carboxylic acids is 1. The van der Waals surface area contributed by atoms with Crippen molar-refractivity contribution >= 4 is 6.09 Å². The van der Waals surface area contributed by atoms with E-state index in [1.54, 1.807) is 0 Å². The van der Waals surface area contributed by atoms with Crippen molar-refractivity contribution in [3.63, 3.8) is 0 Å². The summed E-state index contributed by atoms with van der Waals surface area (Å²) in [4.78, 5) is 13.9. The Bertz CT molecular complexity index is 317. The van der Waals surface area contributed by atoms with Gasteiger partial charge in [0.15, 0.2) is 0 Å². The largest absolute Gasteiger partial charge is 0.444 e. The van der Waals surface area contributed by atoms with E-state index in [1.807, 2.05) is 25.7 Å². The molecule has 1 saturated carbocycles. The lowest BCUT2D eigenvalue weighted by Gasteiger charge is -2.39. The topological polar surface area (TPSA) is 41.6 Å². The quantitative estimate of drug-likeness (QED) is 0.780. The number of rotatable bonds is 7. The Labute approximate surface area is 130 Å². The number of ether oxygens (including phenoxy) is 1. The molecule has 0 aromatic heterocycles. The molecule has 0 spiro atoms. The van der Waals surface area contributed by atoms with E-state index in [9.17, 15) is 4.79 Å². The molecule has 4 heteroatoms. The molecular weight excluding hydrogens is 264 g/mol. The summed E-state index contributed by atoms with van der Waals surface area (Å²) in [6, 6.07) is 0.638. The summed E-state index contributed by atoms with van der Waals surface area (Å²) >= 11 is 0. The van der Waals surface area contributed by atoms with Crippen LogP contribution in [0.2, 0.25) is 0 Å². The zero-order chi connectivity index (χ0) is 16.0. The molecule has 124 valence electrons. The minimum Gasteiger partial charge on any atom is -0.444 e. The lowest BCUT2D eigenvalue weighted by atomic mass is 9.74. The van der Waals surface area contributed by atoms with Gasteiger partial charge in [0.05, 0.1) is 0 Å². The van der Waals surface area contributed by atoms with Crippen LogP contribution >= 0.6 is 0 Å². The van der Waals surface area contributed by atoms with Crippen molar-refractivity contribution < 1.29 is 9.53 Å². The summed E-state index contributed by atoms with van der Waals surface area (Å²) < 4.78 is 5.46. The first-order chi connectivity index (χ1) is 9.73. The molecule has 1 N–H and O–H groups in total. The van der Waals surface area contributed by atoms with E-state index >= 15 is 0 Å². The van der Waals surface area contributed by atoms with Crippen molar-refractivity contribution in [1.29, 1.82) is 0 Å². The minimum absolute atomic E-state index is 0.195. The predicted octanol–water partition coefficient (Wildman–Crippen LogP) is 3.66. The zero-order valence-corrected chi connectivity index (χ0v) is 14.7. The SMILES string of the molecule is CCCN(CCNC1CC(C(C)C)C1)C(=O)OC(C)(C)C. The maximum Gasteiger partial charge on any atom is 0.410 e. The number of carbonyl (C=O) groups is 1. The van der Waals surface area contributed by atoms with Gasteiger partial charge in [-0.3, -0.25) is 0 Å². The monoisotopic (exact) mass is 298 g/mol. The van der Waals surface area contributed by atoms with Crippen molar-refractivity contribution in [2.45, 2.75) is 72.4 Å². The van der Waals surface area contributed by atoms with E-state index in [-0.39, 0.29) is 6.09 Å². The average molecular weight is 298 g/mol. The van der Waals surface area contributed by atoms with Crippen LogP contribution in [0.4, 0.5) is 4.79 Å². The molecule has 0 unspecified atom stereocenters. The van der Waals surface area contributed by atoms with Gasteiger partial charge in [-0.25, -0.2) is 4.79 Å². The van der Waals surface area contributed by atoms with Gasteiger partial charge in [-0.05, 0) is 51.9 Å². The van der Waals surface area contributed by atoms with Gasteiger partial charge in [0.2, 0.25) is 0 Å². The zero-order valence-electron chi connectivity index (χ0n) is 14.7. The number of nitrogens with one attached hydrogen (secondary N) is 1. The Balaban J connectivity index is 2.27.